The Morgan fingerprint density at radius 1 is 1.04 bits per heavy atom. The fourth-order valence-corrected chi connectivity index (χ4v) is 4.35. The molecule has 0 amide bonds. The van der Waals surface area contributed by atoms with Gasteiger partial charge >= 0.3 is 0 Å². The lowest BCUT2D eigenvalue weighted by Gasteiger charge is -2.17. The van der Waals surface area contributed by atoms with Gasteiger partial charge in [0.1, 0.15) is 5.82 Å². The van der Waals surface area contributed by atoms with Crippen LogP contribution in [-0.2, 0) is 13.0 Å². The zero-order valence-electron chi connectivity index (χ0n) is 15.0. The molecule has 0 saturated carbocycles. The quantitative estimate of drug-likeness (QED) is 0.759. The lowest BCUT2D eigenvalue weighted by Crippen LogP contribution is -2.21. The van der Waals surface area contributed by atoms with Crippen molar-refractivity contribution < 1.29 is 4.39 Å². The van der Waals surface area contributed by atoms with E-state index in [1.807, 2.05) is 48.7 Å². The van der Waals surface area contributed by atoms with Gasteiger partial charge in [-0.05, 0) is 47.7 Å². The molecule has 136 valence electrons. The Kier molecular flexibility index (Phi) is 4.09. The van der Waals surface area contributed by atoms with Crippen LogP contribution >= 0.6 is 0 Å². The molecule has 1 aliphatic heterocycles. The molecule has 27 heavy (non-hydrogen) atoms. The second kappa shape index (κ2) is 6.74. The van der Waals surface area contributed by atoms with Gasteiger partial charge in [0.2, 0.25) is 5.95 Å². The van der Waals surface area contributed by atoms with E-state index >= 15 is 0 Å². The Morgan fingerprint density at radius 2 is 1.85 bits per heavy atom. The maximum Gasteiger partial charge on any atom is 0.227 e. The SMILES string of the molecule is Fc1ccc(CN2C[C@@H]3Cc4cnc(Nc5ccccc5)nc4[C@@H]3C2)cc1. The highest BCUT2D eigenvalue weighted by atomic mass is 19.1. The van der Waals surface area contributed by atoms with Crippen molar-refractivity contribution in [1.82, 2.24) is 14.9 Å². The van der Waals surface area contributed by atoms with Crippen LogP contribution < -0.4 is 5.32 Å². The Balaban J connectivity index is 1.31. The Labute approximate surface area is 158 Å². The largest absolute Gasteiger partial charge is 0.324 e. The zero-order chi connectivity index (χ0) is 18.2. The molecule has 2 heterocycles. The Bertz CT molecular complexity index is 942. The van der Waals surface area contributed by atoms with Crippen molar-refractivity contribution in [2.45, 2.75) is 18.9 Å². The van der Waals surface area contributed by atoms with Gasteiger partial charge in [-0.25, -0.2) is 14.4 Å². The first-order valence-corrected chi connectivity index (χ1v) is 9.39. The molecule has 2 aliphatic rings. The maximum atomic E-state index is 13.1. The van der Waals surface area contributed by atoms with Crippen LogP contribution in [0, 0.1) is 11.7 Å². The highest BCUT2D eigenvalue weighted by Crippen LogP contribution is 2.42. The number of hydrogen-bond donors (Lipinski definition) is 1. The van der Waals surface area contributed by atoms with Crippen molar-refractivity contribution >= 4 is 11.6 Å². The van der Waals surface area contributed by atoms with Gasteiger partial charge in [0.25, 0.3) is 0 Å². The number of halogens is 1. The predicted octanol–water partition coefficient (Wildman–Crippen LogP) is 4.13. The molecule has 1 N–H and O–H groups in total. The highest BCUT2D eigenvalue weighted by molar-refractivity contribution is 5.53. The molecular weight excluding hydrogens is 339 g/mol. The summed E-state index contributed by atoms with van der Waals surface area (Å²) in [4.78, 5) is 11.8. The number of likely N-dealkylation sites (tertiary alicyclic amines) is 1. The van der Waals surface area contributed by atoms with E-state index in [0.717, 1.165) is 37.3 Å². The van der Waals surface area contributed by atoms with Gasteiger partial charge in [-0.1, -0.05) is 30.3 Å². The van der Waals surface area contributed by atoms with E-state index in [0.29, 0.717) is 17.8 Å². The molecule has 1 fully saturated rings. The van der Waals surface area contributed by atoms with Gasteiger partial charge in [0.15, 0.2) is 0 Å². The summed E-state index contributed by atoms with van der Waals surface area (Å²) in [5.41, 5.74) is 4.63. The normalized spacial score (nSPS) is 21.1. The molecule has 1 saturated heterocycles. The highest BCUT2D eigenvalue weighted by Gasteiger charge is 2.41. The summed E-state index contributed by atoms with van der Waals surface area (Å²) < 4.78 is 13.1. The first-order valence-electron chi connectivity index (χ1n) is 9.39. The van der Waals surface area contributed by atoms with Crippen LogP contribution in [0.1, 0.15) is 22.7 Å². The number of para-hydroxylation sites is 1. The number of rotatable bonds is 4. The number of nitrogens with one attached hydrogen (secondary N) is 1. The van der Waals surface area contributed by atoms with E-state index in [1.54, 1.807) is 0 Å². The lowest BCUT2D eigenvalue weighted by molar-refractivity contribution is 0.313. The van der Waals surface area contributed by atoms with Crippen molar-refractivity contribution in [2.24, 2.45) is 5.92 Å². The second-order valence-electron chi connectivity index (χ2n) is 7.49. The third-order valence-corrected chi connectivity index (χ3v) is 5.60. The van der Waals surface area contributed by atoms with E-state index in [1.165, 1.54) is 23.4 Å². The van der Waals surface area contributed by atoms with Crippen molar-refractivity contribution in [3.63, 3.8) is 0 Å². The van der Waals surface area contributed by atoms with Crippen molar-refractivity contribution in [3.8, 4) is 0 Å². The number of benzene rings is 2. The molecular formula is C22H21FN4. The molecule has 1 aromatic heterocycles. The summed E-state index contributed by atoms with van der Waals surface area (Å²) in [7, 11) is 0. The van der Waals surface area contributed by atoms with E-state index in [-0.39, 0.29) is 5.82 Å². The van der Waals surface area contributed by atoms with Crippen LogP contribution in [-0.4, -0.2) is 28.0 Å². The average Bonchev–Trinajstić information content (AvgIpc) is 3.22. The fourth-order valence-electron chi connectivity index (χ4n) is 4.35. The summed E-state index contributed by atoms with van der Waals surface area (Å²) >= 11 is 0. The van der Waals surface area contributed by atoms with Gasteiger partial charge in [0, 0.05) is 37.4 Å². The topological polar surface area (TPSA) is 41.1 Å². The minimum Gasteiger partial charge on any atom is -0.324 e. The summed E-state index contributed by atoms with van der Waals surface area (Å²) in [5, 5.41) is 3.30. The molecule has 0 bridgehead atoms. The maximum absolute atomic E-state index is 13.1. The second-order valence-corrected chi connectivity index (χ2v) is 7.49. The Morgan fingerprint density at radius 3 is 2.67 bits per heavy atom. The van der Waals surface area contributed by atoms with E-state index in [4.69, 9.17) is 4.98 Å². The van der Waals surface area contributed by atoms with Crippen molar-refractivity contribution in [3.05, 3.63) is 83.4 Å². The molecule has 5 rings (SSSR count). The van der Waals surface area contributed by atoms with Gasteiger partial charge in [-0.15, -0.1) is 0 Å². The number of hydrogen-bond acceptors (Lipinski definition) is 4. The third kappa shape index (κ3) is 3.30. The number of fused-ring (bicyclic) bond motifs is 3. The molecule has 1 aliphatic carbocycles. The molecule has 5 heteroatoms. The molecule has 2 atom stereocenters. The molecule has 0 unspecified atom stereocenters. The first kappa shape index (κ1) is 16.4. The molecule has 3 aromatic rings. The minimum absolute atomic E-state index is 0.180. The monoisotopic (exact) mass is 360 g/mol. The van der Waals surface area contributed by atoms with Crippen molar-refractivity contribution in [2.75, 3.05) is 18.4 Å². The van der Waals surface area contributed by atoms with Crippen LogP contribution in [0.2, 0.25) is 0 Å². The van der Waals surface area contributed by atoms with Crippen LogP contribution in [0.4, 0.5) is 16.0 Å². The minimum atomic E-state index is -0.180. The summed E-state index contributed by atoms with van der Waals surface area (Å²) in [5.74, 6) is 1.54. The van der Waals surface area contributed by atoms with Crippen LogP contribution in [0.15, 0.2) is 60.8 Å². The first-order chi connectivity index (χ1) is 13.2. The smallest absolute Gasteiger partial charge is 0.227 e. The van der Waals surface area contributed by atoms with Gasteiger partial charge in [-0.3, -0.25) is 4.90 Å². The average molecular weight is 360 g/mol. The van der Waals surface area contributed by atoms with Gasteiger partial charge < -0.3 is 5.32 Å². The standard InChI is InChI=1S/C22H21FN4/c23-18-8-6-15(7-9-18)12-27-13-17-10-16-11-24-22(26-21(16)20(17)14-27)25-19-4-2-1-3-5-19/h1-9,11,17,20H,10,12-14H2,(H,24,25,26)/t17-,20+/m0/s1. The van der Waals surface area contributed by atoms with Crippen LogP contribution in [0.3, 0.4) is 0 Å². The molecule has 0 radical (unpaired) electrons. The van der Waals surface area contributed by atoms with Crippen LogP contribution in [0.5, 0.6) is 0 Å². The van der Waals surface area contributed by atoms with Gasteiger partial charge in [-0.2, -0.15) is 0 Å². The third-order valence-electron chi connectivity index (χ3n) is 5.60. The number of anilines is 2. The Hall–Kier alpha value is -2.79. The van der Waals surface area contributed by atoms with E-state index in [2.05, 4.69) is 15.2 Å². The molecule has 0 spiro atoms. The summed E-state index contributed by atoms with van der Waals surface area (Å²) in [6.07, 6.45) is 3.03. The summed E-state index contributed by atoms with van der Waals surface area (Å²) in [6.45, 7) is 2.92. The number of nitrogens with zero attached hydrogens (tertiary/aromatic N) is 3. The lowest BCUT2D eigenvalue weighted by atomic mass is 9.99. The number of aromatic nitrogens is 2. The van der Waals surface area contributed by atoms with E-state index in [9.17, 15) is 4.39 Å². The molecule has 4 nitrogen and oxygen atoms in total. The van der Waals surface area contributed by atoms with Gasteiger partial charge in [0.05, 0.1) is 5.69 Å². The predicted molar refractivity (Wildman–Crippen MR) is 103 cm³/mol. The fraction of sp³-hybridized carbons (Fsp3) is 0.273. The van der Waals surface area contributed by atoms with E-state index < -0.39 is 0 Å². The summed E-state index contributed by atoms with van der Waals surface area (Å²) in [6, 6.07) is 16.8. The van der Waals surface area contributed by atoms with Crippen LogP contribution in [0.25, 0.3) is 0 Å². The van der Waals surface area contributed by atoms with Crippen molar-refractivity contribution in [1.29, 1.82) is 0 Å². The zero-order valence-corrected chi connectivity index (χ0v) is 15.0. The molecule has 2 aromatic carbocycles.